The number of benzene rings is 5. The first-order valence-corrected chi connectivity index (χ1v) is 11.6. The fraction of sp³-hybridized carbons (Fsp3) is 0.0312. The monoisotopic (exact) mass is 457 g/mol. The molecule has 0 aliphatic heterocycles. The van der Waals surface area contributed by atoms with Crippen molar-refractivity contribution in [3.8, 4) is 0 Å². The van der Waals surface area contributed by atoms with E-state index in [-0.39, 0.29) is 5.56 Å². The minimum atomic E-state index is -1.13. The molecule has 0 saturated carbocycles. The normalized spacial score (nSPS) is 10.6. The van der Waals surface area contributed by atoms with Gasteiger partial charge in [-0.2, -0.15) is 0 Å². The highest BCUT2D eigenvalue weighted by molar-refractivity contribution is 5.85. The second-order valence-corrected chi connectivity index (χ2v) is 8.11. The summed E-state index contributed by atoms with van der Waals surface area (Å²) in [6.45, 7) is 0.860. The molecule has 0 fully saturated rings. The van der Waals surface area contributed by atoms with Crippen LogP contribution in [0.15, 0.2) is 152 Å². The molecule has 0 atom stereocenters. The average molecular weight is 458 g/mol. The third-order valence-corrected chi connectivity index (χ3v) is 5.86. The van der Waals surface area contributed by atoms with Gasteiger partial charge in [0.25, 0.3) is 0 Å². The van der Waals surface area contributed by atoms with Crippen molar-refractivity contribution in [2.75, 3.05) is 0 Å². The number of hydrogen-bond donors (Lipinski definition) is 0. The van der Waals surface area contributed by atoms with Gasteiger partial charge in [0.15, 0.2) is 0 Å². The maximum absolute atomic E-state index is 10.1. The smallest absolute Gasteiger partial charge is 0.143 e. The number of carbonyl (C=O) groups is 1. The van der Waals surface area contributed by atoms with Crippen molar-refractivity contribution in [3.63, 3.8) is 0 Å². The fourth-order valence-corrected chi connectivity index (χ4v) is 4.20. The van der Waals surface area contributed by atoms with Crippen LogP contribution in [0.25, 0.3) is 0 Å². The van der Waals surface area contributed by atoms with Crippen molar-refractivity contribution < 1.29 is 9.90 Å². The second kappa shape index (κ2) is 11.6. The number of aromatic carboxylic acids is 1. The number of hydrogen-bond acceptors (Lipinski definition) is 2. The van der Waals surface area contributed by atoms with Crippen molar-refractivity contribution in [2.24, 2.45) is 0 Å². The molecule has 0 N–H and O–H groups in total. The Morgan fingerprint density at radius 1 is 0.486 bits per heavy atom. The largest absolute Gasteiger partial charge is 0.545 e. The topological polar surface area (TPSA) is 40.1 Å². The highest BCUT2D eigenvalue weighted by atomic mass is 16.4. The minimum absolute atomic E-state index is 0.220. The van der Waals surface area contributed by atoms with Crippen LogP contribution in [-0.4, -0.2) is 5.97 Å². The molecule has 0 heterocycles. The van der Waals surface area contributed by atoms with E-state index >= 15 is 0 Å². The van der Waals surface area contributed by atoms with Crippen LogP contribution in [0.5, 0.6) is 0 Å². The number of nitrogens with zero attached hydrogens (tertiary/aromatic N) is 1. The first-order valence-electron chi connectivity index (χ1n) is 11.6. The van der Waals surface area contributed by atoms with Gasteiger partial charge < -0.3 is 9.90 Å². The van der Waals surface area contributed by atoms with Crippen LogP contribution in [0.4, 0.5) is 17.1 Å². The predicted octanol–water partition coefficient (Wildman–Crippen LogP) is 6.91. The zero-order valence-corrected chi connectivity index (χ0v) is 19.4. The lowest BCUT2D eigenvalue weighted by Crippen LogP contribution is -2.38. The van der Waals surface area contributed by atoms with Gasteiger partial charge in [-0.05, 0) is 42.0 Å². The van der Waals surface area contributed by atoms with E-state index in [0.29, 0.717) is 4.48 Å². The summed E-state index contributed by atoms with van der Waals surface area (Å²) in [5, 5.41) is 10.1. The molecule has 3 nitrogen and oxygen atoms in total. The van der Waals surface area contributed by atoms with Crippen LogP contribution in [-0.2, 0) is 6.54 Å². The Morgan fingerprint density at radius 2 is 0.800 bits per heavy atom. The van der Waals surface area contributed by atoms with Crippen LogP contribution in [0.1, 0.15) is 15.9 Å². The Morgan fingerprint density at radius 3 is 1.11 bits per heavy atom. The molecule has 0 aliphatic rings. The molecule has 0 amide bonds. The van der Waals surface area contributed by atoms with Crippen molar-refractivity contribution in [3.05, 3.63) is 163 Å². The van der Waals surface area contributed by atoms with E-state index in [9.17, 15) is 9.90 Å². The Kier molecular flexibility index (Phi) is 7.84. The first kappa shape index (κ1) is 23.7. The fourth-order valence-electron chi connectivity index (χ4n) is 4.20. The standard InChI is InChI=1S/C25H22N.C7H6O2/c1-5-13-22(14-6-1)21-26(23-15-7-2-8-16-23,24-17-9-3-10-18-24)25-19-11-4-12-20-25;8-7(9)6-4-2-1-3-5-6/h1-20H,21H2;1-5H,(H,8,9)/q+1;/p-1. The number of carboxylic acid groups (broad SMARTS) is 1. The second-order valence-electron chi connectivity index (χ2n) is 8.11. The summed E-state index contributed by atoms with van der Waals surface area (Å²) in [4.78, 5) is 10.1. The maximum atomic E-state index is 10.1. The summed E-state index contributed by atoms with van der Waals surface area (Å²) in [5.41, 5.74) is 5.30. The molecule has 5 aromatic carbocycles. The summed E-state index contributed by atoms with van der Waals surface area (Å²) in [7, 11) is 0. The summed E-state index contributed by atoms with van der Waals surface area (Å²) >= 11 is 0. The van der Waals surface area contributed by atoms with Gasteiger partial charge in [0, 0.05) is 5.56 Å². The van der Waals surface area contributed by atoms with E-state index in [2.05, 4.69) is 121 Å². The Hall–Kier alpha value is -4.47. The average Bonchev–Trinajstić information content (AvgIpc) is 2.94. The van der Waals surface area contributed by atoms with Gasteiger partial charge in [-0.3, -0.25) is 0 Å². The molecule has 3 heteroatoms. The lowest BCUT2D eigenvalue weighted by Gasteiger charge is -2.37. The van der Waals surface area contributed by atoms with Crippen molar-refractivity contribution in [2.45, 2.75) is 6.54 Å². The van der Waals surface area contributed by atoms with Gasteiger partial charge in [-0.1, -0.05) is 115 Å². The van der Waals surface area contributed by atoms with E-state index in [1.54, 1.807) is 18.2 Å². The molecule has 0 aliphatic carbocycles. The van der Waals surface area contributed by atoms with Crippen LogP contribution in [0, 0.1) is 0 Å². The van der Waals surface area contributed by atoms with E-state index in [1.807, 2.05) is 0 Å². The predicted molar refractivity (Wildman–Crippen MR) is 141 cm³/mol. The van der Waals surface area contributed by atoms with E-state index in [0.717, 1.165) is 6.54 Å². The molecule has 5 rings (SSSR count). The van der Waals surface area contributed by atoms with Crippen molar-refractivity contribution in [1.82, 2.24) is 4.48 Å². The molecule has 0 aromatic heterocycles. The zero-order chi connectivity index (χ0) is 24.3. The quantitative estimate of drug-likeness (QED) is 0.260. The van der Waals surface area contributed by atoms with E-state index < -0.39 is 5.97 Å². The summed E-state index contributed by atoms with van der Waals surface area (Å²) < 4.78 is 0.659. The lowest BCUT2D eigenvalue weighted by molar-refractivity contribution is -0.255. The molecule has 172 valence electrons. The van der Waals surface area contributed by atoms with Crippen LogP contribution in [0.2, 0.25) is 0 Å². The Labute approximate surface area is 206 Å². The van der Waals surface area contributed by atoms with E-state index in [4.69, 9.17) is 0 Å². The Balaban J connectivity index is 0.000000271. The maximum Gasteiger partial charge on any atom is 0.143 e. The van der Waals surface area contributed by atoms with Gasteiger partial charge in [-0.15, -0.1) is 0 Å². The van der Waals surface area contributed by atoms with Crippen LogP contribution in [0.3, 0.4) is 0 Å². The third-order valence-electron chi connectivity index (χ3n) is 5.86. The SMILES string of the molecule is O=C([O-])c1ccccc1.c1ccc(C[N+](c2ccccc2)(c2ccccc2)c2ccccc2)cc1. The van der Waals surface area contributed by atoms with Gasteiger partial charge in [-0.25, -0.2) is 4.48 Å². The summed E-state index contributed by atoms with van der Waals surface area (Å²) in [6, 6.07) is 51.1. The Bertz CT molecular complexity index is 1210. The van der Waals surface area contributed by atoms with Crippen molar-refractivity contribution >= 4 is 23.0 Å². The number of carboxylic acids is 1. The molecule has 35 heavy (non-hydrogen) atoms. The first-order chi connectivity index (χ1) is 17.2. The minimum Gasteiger partial charge on any atom is -0.545 e. The number of rotatable bonds is 6. The lowest BCUT2D eigenvalue weighted by atomic mass is 10.1. The van der Waals surface area contributed by atoms with Gasteiger partial charge in [0.2, 0.25) is 0 Å². The van der Waals surface area contributed by atoms with Crippen LogP contribution < -0.4 is 9.59 Å². The molecule has 0 bridgehead atoms. The molecule has 5 aromatic rings. The number of para-hydroxylation sites is 3. The highest BCUT2D eigenvalue weighted by Gasteiger charge is 2.36. The van der Waals surface area contributed by atoms with Gasteiger partial charge in [0.1, 0.15) is 23.6 Å². The third kappa shape index (κ3) is 5.72. The van der Waals surface area contributed by atoms with Crippen molar-refractivity contribution in [1.29, 1.82) is 0 Å². The highest BCUT2D eigenvalue weighted by Crippen LogP contribution is 2.45. The molecule has 0 saturated heterocycles. The number of quaternary nitrogens is 1. The van der Waals surface area contributed by atoms with Crippen LogP contribution >= 0.6 is 0 Å². The summed E-state index contributed by atoms with van der Waals surface area (Å²) in [5.74, 6) is -1.13. The van der Waals surface area contributed by atoms with Gasteiger partial charge in [0.05, 0.1) is 5.97 Å². The molecular weight excluding hydrogens is 430 g/mol. The molecule has 0 radical (unpaired) electrons. The van der Waals surface area contributed by atoms with Gasteiger partial charge >= 0.3 is 0 Å². The zero-order valence-electron chi connectivity index (χ0n) is 19.4. The summed E-state index contributed by atoms with van der Waals surface area (Å²) in [6.07, 6.45) is 0. The number of carbonyl (C=O) groups excluding carboxylic acids is 1. The molecule has 0 spiro atoms. The molecule has 0 unspecified atom stereocenters. The molecular formula is C32H27NO2. The van der Waals surface area contributed by atoms with E-state index in [1.165, 1.54) is 34.8 Å².